The molecular weight excluding hydrogens is 452 g/mol. The van der Waals surface area contributed by atoms with Gasteiger partial charge >= 0.3 is 0 Å². The SMILES string of the molecule is CCOc1cc(/C=N/NC(=O)C2COc3ccc(C(C)(C)C)cc3O2)cc(Br)c1O. The summed E-state index contributed by atoms with van der Waals surface area (Å²) in [6.45, 7) is 8.66. The number of fused-ring (bicyclic) bond motifs is 1. The third kappa shape index (κ3) is 5.05. The molecule has 1 atom stereocenters. The van der Waals surface area contributed by atoms with E-state index in [9.17, 15) is 9.90 Å². The molecule has 8 heteroatoms. The predicted octanol–water partition coefficient (Wildman–Crippen LogP) is 4.14. The molecule has 0 saturated carbocycles. The Bertz CT molecular complexity index is 969. The molecule has 0 aromatic heterocycles. The minimum atomic E-state index is -0.810. The van der Waals surface area contributed by atoms with Crippen molar-refractivity contribution in [3.8, 4) is 23.0 Å². The number of rotatable bonds is 5. The number of phenols is 1. The second-order valence-electron chi connectivity index (χ2n) is 7.85. The Morgan fingerprint density at radius 2 is 2.10 bits per heavy atom. The first-order valence-corrected chi connectivity index (χ1v) is 10.4. The van der Waals surface area contributed by atoms with Gasteiger partial charge in [-0.1, -0.05) is 26.8 Å². The molecule has 1 aliphatic rings. The van der Waals surface area contributed by atoms with Gasteiger partial charge < -0.3 is 19.3 Å². The highest BCUT2D eigenvalue weighted by molar-refractivity contribution is 9.10. The minimum absolute atomic E-state index is 0.0130. The summed E-state index contributed by atoms with van der Waals surface area (Å²) in [5, 5.41) is 14.0. The van der Waals surface area contributed by atoms with Gasteiger partial charge in [0, 0.05) is 0 Å². The molecule has 0 bridgehead atoms. The lowest BCUT2D eigenvalue weighted by molar-refractivity contribution is -0.130. The Labute approximate surface area is 184 Å². The number of benzene rings is 2. The molecule has 0 radical (unpaired) electrons. The Morgan fingerprint density at radius 3 is 2.80 bits per heavy atom. The van der Waals surface area contributed by atoms with Crippen LogP contribution in [0.15, 0.2) is 39.9 Å². The average Bonchev–Trinajstić information content (AvgIpc) is 2.70. The van der Waals surface area contributed by atoms with Crippen molar-refractivity contribution < 1.29 is 24.1 Å². The molecular formula is C22H25BrN2O5. The van der Waals surface area contributed by atoms with Gasteiger partial charge in [-0.25, -0.2) is 5.43 Å². The van der Waals surface area contributed by atoms with Crippen LogP contribution in [0.25, 0.3) is 0 Å². The van der Waals surface area contributed by atoms with Crippen LogP contribution in [0.4, 0.5) is 0 Å². The zero-order chi connectivity index (χ0) is 21.9. The summed E-state index contributed by atoms with van der Waals surface area (Å²) in [5.41, 5.74) is 4.16. The summed E-state index contributed by atoms with van der Waals surface area (Å²) in [7, 11) is 0. The molecule has 0 aliphatic carbocycles. The smallest absolute Gasteiger partial charge is 0.284 e. The first-order chi connectivity index (χ1) is 14.2. The van der Waals surface area contributed by atoms with Gasteiger partial charge in [0.15, 0.2) is 23.0 Å². The number of nitrogens with one attached hydrogen (secondary N) is 1. The number of carbonyl (C=O) groups excluding carboxylic acids is 1. The van der Waals surface area contributed by atoms with Crippen molar-refractivity contribution in [2.24, 2.45) is 5.10 Å². The molecule has 0 fully saturated rings. The highest BCUT2D eigenvalue weighted by Gasteiger charge is 2.28. The highest BCUT2D eigenvalue weighted by atomic mass is 79.9. The molecule has 1 unspecified atom stereocenters. The lowest BCUT2D eigenvalue weighted by Gasteiger charge is -2.27. The van der Waals surface area contributed by atoms with E-state index in [4.69, 9.17) is 14.2 Å². The van der Waals surface area contributed by atoms with Crippen molar-refractivity contribution in [1.29, 1.82) is 0 Å². The fourth-order valence-corrected chi connectivity index (χ4v) is 3.30. The van der Waals surface area contributed by atoms with E-state index in [0.29, 0.717) is 33.9 Å². The van der Waals surface area contributed by atoms with E-state index in [1.807, 2.05) is 25.1 Å². The molecule has 2 aromatic rings. The second-order valence-corrected chi connectivity index (χ2v) is 8.70. The molecule has 1 heterocycles. The van der Waals surface area contributed by atoms with Crippen molar-refractivity contribution in [1.82, 2.24) is 5.43 Å². The maximum Gasteiger partial charge on any atom is 0.284 e. The predicted molar refractivity (Wildman–Crippen MR) is 118 cm³/mol. The van der Waals surface area contributed by atoms with Crippen molar-refractivity contribution in [2.75, 3.05) is 13.2 Å². The van der Waals surface area contributed by atoms with Crippen LogP contribution in [0.3, 0.4) is 0 Å². The number of hydrogen-bond acceptors (Lipinski definition) is 6. The molecule has 0 saturated heterocycles. The molecule has 3 rings (SSSR count). The Hall–Kier alpha value is -2.74. The van der Waals surface area contributed by atoms with Crippen LogP contribution < -0.4 is 19.6 Å². The van der Waals surface area contributed by atoms with Crippen molar-refractivity contribution in [3.63, 3.8) is 0 Å². The first kappa shape index (κ1) is 22.0. The number of carbonyl (C=O) groups is 1. The van der Waals surface area contributed by atoms with Crippen LogP contribution in [-0.2, 0) is 10.2 Å². The highest BCUT2D eigenvalue weighted by Crippen LogP contribution is 2.36. The van der Waals surface area contributed by atoms with Crippen LogP contribution in [0.1, 0.15) is 38.8 Å². The summed E-state index contributed by atoms with van der Waals surface area (Å²) in [5.74, 6) is 1.09. The van der Waals surface area contributed by atoms with Crippen LogP contribution in [-0.4, -0.2) is 36.5 Å². The van der Waals surface area contributed by atoms with E-state index in [-0.39, 0.29) is 17.8 Å². The molecule has 30 heavy (non-hydrogen) atoms. The van der Waals surface area contributed by atoms with Crippen LogP contribution in [0.2, 0.25) is 0 Å². The largest absolute Gasteiger partial charge is 0.503 e. The number of phenolic OH excluding ortho intramolecular Hbond substituents is 1. The number of nitrogens with zero attached hydrogens (tertiary/aromatic N) is 1. The molecule has 160 valence electrons. The van der Waals surface area contributed by atoms with E-state index in [0.717, 1.165) is 5.56 Å². The molecule has 0 spiro atoms. The zero-order valence-electron chi connectivity index (χ0n) is 17.4. The van der Waals surface area contributed by atoms with Gasteiger partial charge in [0.1, 0.15) is 6.61 Å². The molecule has 1 aliphatic heterocycles. The van der Waals surface area contributed by atoms with Gasteiger partial charge in [0.2, 0.25) is 6.10 Å². The summed E-state index contributed by atoms with van der Waals surface area (Å²) in [6, 6.07) is 9.06. The lowest BCUT2D eigenvalue weighted by atomic mass is 9.87. The number of hydrazone groups is 1. The Kier molecular flexibility index (Phi) is 6.55. The monoisotopic (exact) mass is 476 g/mol. The number of amides is 1. The van der Waals surface area contributed by atoms with Gasteiger partial charge in [0.25, 0.3) is 5.91 Å². The maximum absolute atomic E-state index is 12.5. The fraction of sp³-hybridized carbons (Fsp3) is 0.364. The quantitative estimate of drug-likeness (QED) is 0.499. The second kappa shape index (κ2) is 8.95. The molecule has 7 nitrogen and oxygen atoms in total. The van der Waals surface area contributed by atoms with Crippen molar-refractivity contribution >= 4 is 28.1 Å². The fourth-order valence-electron chi connectivity index (χ4n) is 2.84. The standard InChI is InChI=1S/C22H25BrN2O5/c1-5-28-18-9-13(8-15(23)20(18)26)11-24-25-21(27)19-12-29-16-7-6-14(22(2,3)4)10-17(16)30-19/h6-11,19,26H,5,12H2,1-4H3,(H,25,27)/b24-11+. The number of ether oxygens (including phenoxy) is 3. The molecule has 2 aromatic carbocycles. The lowest BCUT2D eigenvalue weighted by Crippen LogP contribution is -2.42. The van der Waals surface area contributed by atoms with E-state index in [2.05, 4.69) is 47.2 Å². The topological polar surface area (TPSA) is 89.4 Å². The summed E-state index contributed by atoms with van der Waals surface area (Å²) >= 11 is 3.27. The minimum Gasteiger partial charge on any atom is -0.503 e. The normalized spacial score (nSPS) is 15.8. The summed E-state index contributed by atoms with van der Waals surface area (Å²) in [4.78, 5) is 12.5. The van der Waals surface area contributed by atoms with Crippen LogP contribution in [0, 0.1) is 0 Å². The van der Waals surface area contributed by atoms with Gasteiger partial charge in [-0.05, 0) is 63.7 Å². The molecule has 2 N–H and O–H groups in total. The number of halogens is 1. The Balaban J connectivity index is 1.66. The van der Waals surface area contributed by atoms with Gasteiger partial charge in [-0.15, -0.1) is 0 Å². The van der Waals surface area contributed by atoms with E-state index >= 15 is 0 Å². The summed E-state index contributed by atoms with van der Waals surface area (Å²) < 4.78 is 17.4. The zero-order valence-corrected chi connectivity index (χ0v) is 18.9. The van der Waals surface area contributed by atoms with Gasteiger partial charge in [-0.2, -0.15) is 5.10 Å². The third-order valence-corrected chi connectivity index (χ3v) is 5.11. The van der Waals surface area contributed by atoms with Gasteiger partial charge in [0.05, 0.1) is 17.3 Å². The third-order valence-electron chi connectivity index (χ3n) is 4.50. The molecule has 1 amide bonds. The van der Waals surface area contributed by atoms with Crippen LogP contribution in [0.5, 0.6) is 23.0 Å². The number of aromatic hydroxyl groups is 1. The summed E-state index contributed by atoms with van der Waals surface area (Å²) in [6.07, 6.45) is 0.648. The van der Waals surface area contributed by atoms with E-state index < -0.39 is 12.0 Å². The van der Waals surface area contributed by atoms with Crippen molar-refractivity contribution in [2.45, 2.75) is 39.2 Å². The average molecular weight is 477 g/mol. The number of hydrogen-bond donors (Lipinski definition) is 2. The first-order valence-electron chi connectivity index (χ1n) is 9.61. The van der Waals surface area contributed by atoms with Gasteiger partial charge in [-0.3, -0.25) is 4.79 Å². The van der Waals surface area contributed by atoms with E-state index in [1.54, 1.807) is 12.1 Å². The Morgan fingerprint density at radius 1 is 1.33 bits per heavy atom. The maximum atomic E-state index is 12.5. The van der Waals surface area contributed by atoms with Crippen LogP contribution >= 0.6 is 15.9 Å². The van der Waals surface area contributed by atoms with Crippen molar-refractivity contribution in [3.05, 3.63) is 45.9 Å². The van der Waals surface area contributed by atoms with E-state index in [1.165, 1.54) is 6.21 Å².